The first kappa shape index (κ1) is 29.4. The van der Waals surface area contributed by atoms with Gasteiger partial charge in [0.1, 0.15) is 0 Å². The van der Waals surface area contributed by atoms with Crippen LogP contribution in [0.1, 0.15) is 73.7 Å². The van der Waals surface area contributed by atoms with E-state index in [2.05, 4.69) is 10.3 Å². The minimum atomic E-state index is -4.68. The number of dihydropyridines is 1. The van der Waals surface area contributed by atoms with E-state index < -0.39 is 29.6 Å². The number of allylic oxidation sites excluding steroid dienone is 2. The number of nitrogens with one attached hydrogen (secondary N) is 1. The molecular weight excluding hydrogens is 517 g/mol. The van der Waals surface area contributed by atoms with Gasteiger partial charge in [-0.1, -0.05) is 37.5 Å². The first-order valence-corrected chi connectivity index (χ1v) is 13.4. The number of unbranched alkanes of at least 4 members (excludes halogenated alkanes) is 4. The lowest BCUT2D eigenvalue weighted by atomic mass is 9.78. The number of rotatable bonds is 11. The van der Waals surface area contributed by atoms with Crippen molar-refractivity contribution < 1.29 is 32.2 Å². The summed E-state index contributed by atoms with van der Waals surface area (Å²) in [6.45, 7) is 5.26. The number of aryl methyl sites for hydroxylation is 2. The van der Waals surface area contributed by atoms with E-state index in [1.165, 1.54) is 18.2 Å². The number of carbonyl (C=O) groups is 2. The van der Waals surface area contributed by atoms with Gasteiger partial charge < -0.3 is 14.8 Å². The number of benzene rings is 1. The predicted octanol–water partition coefficient (Wildman–Crippen LogP) is 6.61. The standard InChI is InChI=1S/C28H33F3N2O4S/c1-17-16-38-22(32-17)14-8-6-5-7-11-15-37-27(35)24-19(3)33-18(2)23(26(34)36-4)25(24)20-12-9-10-13-21(20)28(29,30)31/h9-10,12-13,16,25,33H,5-8,11,14-15H2,1-4H3. The zero-order valence-corrected chi connectivity index (χ0v) is 22.9. The van der Waals surface area contributed by atoms with E-state index in [1.54, 1.807) is 25.2 Å². The van der Waals surface area contributed by atoms with E-state index in [4.69, 9.17) is 9.47 Å². The molecular formula is C28H33F3N2O4S. The molecule has 0 spiro atoms. The molecule has 1 atom stereocenters. The van der Waals surface area contributed by atoms with Gasteiger partial charge in [-0.15, -0.1) is 11.3 Å². The Kier molecular flexibility index (Phi) is 10.1. The first-order chi connectivity index (χ1) is 18.0. The molecule has 2 heterocycles. The summed E-state index contributed by atoms with van der Waals surface area (Å²) in [4.78, 5) is 30.4. The number of hydrogen-bond acceptors (Lipinski definition) is 7. The summed E-state index contributed by atoms with van der Waals surface area (Å²) >= 11 is 1.67. The number of nitrogens with zero attached hydrogens (tertiary/aromatic N) is 1. The SMILES string of the molecule is COC(=O)C1=C(C)NC(C)=C(C(=O)OCCCCCCCc2nc(C)cs2)C1c1ccccc1C(F)(F)F. The molecule has 0 amide bonds. The van der Waals surface area contributed by atoms with E-state index in [0.29, 0.717) is 17.8 Å². The molecule has 1 aromatic heterocycles. The van der Waals surface area contributed by atoms with Crippen LogP contribution in [0.5, 0.6) is 0 Å². The lowest BCUT2D eigenvalue weighted by Gasteiger charge is -2.31. The Balaban J connectivity index is 1.69. The highest BCUT2D eigenvalue weighted by Gasteiger charge is 2.43. The van der Waals surface area contributed by atoms with E-state index in [-0.39, 0.29) is 23.3 Å². The smallest absolute Gasteiger partial charge is 0.416 e. The minimum Gasteiger partial charge on any atom is -0.466 e. The van der Waals surface area contributed by atoms with Crippen LogP contribution in [0, 0.1) is 6.92 Å². The fraction of sp³-hybridized carbons (Fsp3) is 0.464. The molecule has 1 N–H and O–H groups in total. The van der Waals surface area contributed by atoms with Gasteiger partial charge in [0.25, 0.3) is 0 Å². The minimum absolute atomic E-state index is 0.0357. The van der Waals surface area contributed by atoms with Crippen LogP contribution < -0.4 is 5.32 Å². The molecule has 38 heavy (non-hydrogen) atoms. The molecule has 6 nitrogen and oxygen atoms in total. The van der Waals surface area contributed by atoms with Crippen molar-refractivity contribution in [2.45, 2.75) is 71.4 Å². The third-order valence-corrected chi connectivity index (χ3v) is 7.42. The Labute approximate surface area is 224 Å². The van der Waals surface area contributed by atoms with Crippen LogP contribution in [0.3, 0.4) is 0 Å². The van der Waals surface area contributed by atoms with Crippen LogP contribution in [0.25, 0.3) is 0 Å². The van der Waals surface area contributed by atoms with Gasteiger partial charge in [0.05, 0.1) is 41.4 Å². The zero-order valence-electron chi connectivity index (χ0n) is 22.0. The number of methoxy groups -OCH3 is 1. The lowest BCUT2D eigenvalue weighted by molar-refractivity contribution is -0.141. The van der Waals surface area contributed by atoms with Gasteiger partial charge in [0.2, 0.25) is 0 Å². The zero-order chi connectivity index (χ0) is 27.9. The highest BCUT2D eigenvalue weighted by Crippen LogP contribution is 2.44. The number of halogens is 3. The highest BCUT2D eigenvalue weighted by atomic mass is 32.1. The average molecular weight is 551 g/mol. The second-order valence-electron chi connectivity index (χ2n) is 9.25. The topological polar surface area (TPSA) is 77.5 Å². The normalized spacial score (nSPS) is 15.9. The van der Waals surface area contributed by atoms with E-state index >= 15 is 0 Å². The van der Waals surface area contributed by atoms with Crippen molar-refractivity contribution in [2.24, 2.45) is 0 Å². The van der Waals surface area contributed by atoms with Crippen LogP contribution in [0.4, 0.5) is 13.2 Å². The van der Waals surface area contributed by atoms with Gasteiger partial charge in [-0.2, -0.15) is 13.2 Å². The van der Waals surface area contributed by atoms with Crippen molar-refractivity contribution in [2.75, 3.05) is 13.7 Å². The number of alkyl halides is 3. The molecule has 10 heteroatoms. The van der Waals surface area contributed by atoms with Crippen molar-refractivity contribution in [3.63, 3.8) is 0 Å². The molecule has 0 aliphatic carbocycles. The molecule has 0 saturated carbocycles. The lowest BCUT2D eigenvalue weighted by Crippen LogP contribution is -2.33. The molecule has 1 aliphatic rings. The predicted molar refractivity (Wildman–Crippen MR) is 139 cm³/mol. The van der Waals surface area contributed by atoms with E-state index in [9.17, 15) is 22.8 Å². The average Bonchev–Trinajstić information content (AvgIpc) is 3.28. The fourth-order valence-electron chi connectivity index (χ4n) is 4.63. The number of thiazole rings is 1. The van der Waals surface area contributed by atoms with Gasteiger partial charge in [-0.25, -0.2) is 14.6 Å². The summed E-state index contributed by atoms with van der Waals surface area (Å²) in [6, 6.07) is 4.94. The van der Waals surface area contributed by atoms with Crippen molar-refractivity contribution in [1.82, 2.24) is 10.3 Å². The monoisotopic (exact) mass is 550 g/mol. The Morgan fingerprint density at radius 3 is 2.24 bits per heavy atom. The van der Waals surface area contributed by atoms with Gasteiger partial charge in [-0.05, 0) is 51.7 Å². The Morgan fingerprint density at radius 2 is 1.61 bits per heavy atom. The summed E-state index contributed by atoms with van der Waals surface area (Å²) in [5.74, 6) is -2.86. The fourth-order valence-corrected chi connectivity index (χ4v) is 5.45. The maximum absolute atomic E-state index is 13.9. The van der Waals surface area contributed by atoms with Crippen LogP contribution in [-0.2, 0) is 31.7 Å². The van der Waals surface area contributed by atoms with Crippen LogP contribution in [0.2, 0.25) is 0 Å². The summed E-state index contributed by atoms with van der Waals surface area (Å²) in [7, 11) is 1.15. The molecule has 0 bridgehead atoms. The van der Waals surface area contributed by atoms with Gasteiger partial charge in [-0.3, -0.25) is 0 Å². The molecule has 0 fully saturated rings. The summed E-state index contributed by atoms with van der Waals surface area (Å²) in [5.41, 5.74) is 0.470. The van der Waals surface area contributed by atoms with E-state index in [1.807, 2.05) is 12.3 Å². The Hall–Kier alpha value is -3.14. The molecule has 206 valence electrons. The molecule has 0 saturated heterocycles. The van der Waals surface area contributed by atoms with Gasteiger partial charge in [0.15, 0.2) is 0 Å². The van der Waals surface area contributed by atoms with Gasteiger partial charge in [0, 0.05) is 22.5 Å². The highest BCUT2D eigenvalue weighted by molar-refractivity contribution is 7.09. The molecule has 1 aliphatic heterocycles. The second kappa shape index (κ2) is 13.1. The van der Waals surface area contributed by atoms with E-state index in [0.717, 1.165) is 56.0 Å². The van der Waals surface area contributed by atoms with Crippen LogP contribution >= 0.6 is 11.3 Å². The maximum atomic E-state index is 13.9. The third-order valence-electron chi connectivity index (χ3n) is 6.40. The first-order valence-electron chi connectivity index (χ1n) is 12.6. The van der Waals surface area contributed by atoms with Crippen molar-refractivity contribution in [1.29, 1.82) is 0 Å². The molecule has 1 aromatic carbocycles. The largest absolute Gasteiger partial charge is 0.466 e. The summed E-state index contributed by atoms with van der Waals surface area (Å²) < 4.78 is 52.2. The molecule has 0 radical (unpaired) electrons. The number of ether oxygens (including phenoxy) is 2. The molecule has 1 unspecified atom stereocenters. The summed E-state index contributed by atoms with van der Waals surface area (Å²) in [5, 5.41) is 6.12. The second-order valence-corrected chi connectivity index (χ2v) is 10.2. The van der Waals surface area contributed by atoms with Crippen molar-refractivity contribution in [3.8, 4) is 0 Å². The number of carbonyl (C=O) groups excluding carboxylic acids is 2. The quantitative estimate of drug-likeness (QED) is 0.251. The number of esters is 2. The molecule has 2 aromatic rings. The molecule has 3 rings (SSSR count). The van der Waals surface area contributed by atoms with Crippen molar-refractivity contribution in [3.05, 3.63) is 74.0 Å². The van der Waals surface area contributed by atoms with Gasteiger partial charge >= 0.3 is 18.1 Å². The summed E-state index contributed by atoms with van der Waals surface area (Å²) in [6.07, 6.45) is 0.789. The maximum Gasteiger partial charge on any atom is 0.416 e. The van der Waals surface area contributed by atoms with Crippen LogP contribution in [0.15, 0.2) is 52.2 Å². The van der Waals surface area contributed by atoms with Crippen molar-refractivity contribution >= 4 is 23.3 Å². The number of aromatic nitrogens is 1. The number of hydrogen-bond donors (Lipinski definition) is 1. The third kappa shape index (κ3) is 7.24. The Morgan fingerprint density at radius 1 is 0.974 bits per heavy atom. The Bertz CT molecular complexity index is 1220. The van der Waals surface area contributed by atoms with Crippen LogP contribution in [-0.4, -0.2) is 30.6 Å².